The van der Waals surface area contributed by atoms with Gasteiger partial charge in [0.15, 0.2) is 0 Å². The Morgan fingerprint density at radius 3 is 2.29 bits per heavy atom. The minimum absolute atomic E-state index is 0.113. The summed E-state index contributed by atoms with van der Waals surface area (Å²) in [5.74, 6) is -0.440. The number of ether oxygens (including phenoxy) is 1. The van der Waals surface area contributed by atoms with E-state index in [1.807, 2.05) is 61.5 Å². The largest absolute Gasteiger partial charge is 0.492 e. The van der Waals surface area contributed by atoms with Crippen molar-refractivity contribution in [3.8, 4) is 5.75 Å². The number of unbranched alkanes of at least 4 members (excludes halogenated alkanes) is 1. The molecule has 0 heterocycles. The molecular formula is C31H38BrN3O5S. The molecule has 2 amide bonds. The van der Waals surface area contributed by atoms with Gasteiger partial charge in [-0.25, -0.2) is 8.42 Å². The minimum Gasteiger partial charge on any atom is -0.492 e. The number of carbonyl (C=O) groups is 2. The second-order valence-corrected chi connectivity index (χ2v) is 12.5. The number of nitrogens with zero attached hydrogens (tertiary/aromatic N) is 2. The first-order valence-corrected chi connectivity index (χ1v) is 16.3. The van der Waals surface area contributed by atoms with Crippen LogP contribution >= 0.6 is 15.9 Å². The maximum atomic E-state index is 14.2. The van der Waals surface area contributed by atoms with E-state index in [0.29, 0.717) is 18.9 Å². The van der Waals surface area contributed by atoms with Gasteiger partial charge in [-0.2, -0.15) is 0 Å². The van der Waals surface area contributed by atoms with Crippen molar-refractivity contribution in [2.24, 2.45) is 0 Å². The first kappa shape index (κ1) is 32.1. The lowest BCUT2D eigenvalue weighted by atomic mass is 10.0. The summed E-state index contributed by atoms with van der Waals surface area (Å²) in [7, 11) is -3.89. The normalized spacial score (nSPS) is 11.9. The van der Waals surface area contributed by atoms with Gasteiger partial charge in [0.05, 0.1) is 18.6 Å². The Morgan fingerprint density at radius 1 is 0.951 bits per heavy atom. The molecule has 0 saturated heterocycles. The molecule has 3 aromatic carbocycles. The molecule has 0 unspecified atom stereocenters. The van der Waals surface area contributed by atoms with Gasteiger partial charge in [0.25, 0.3) is 0 Å². The molecule has 0 radical (unpaired) electrons. The number of anilines is 1. The van der Waals surface area contributed by atoms with Gasteiger partial charge in [-0.1, -0.05) is 83.9 Å². The van der Waals surface area contributed by atoms with Crippen LogP contribution in [0.5, 0.6) is 5.75 Å². The predicted octanol–water partition coefficient (Wildman–Crippen LogP) is 5.17. The van der Waals surface area contributed by atoms with Crippen LogP contribution in [-0.4, -0.2) is 57.1 Å². The van der Waals surface area contributed by atoms with Crippen LogP contribution in [0.4, 0.5) is 5.69 Å². The smallest absolute Gasteiger partial charge is 0.244 e. The van der Waals surface area contributed by atoms with Crippen LogP contribution in [0.15, 0.2) is 83.3 Å². The molecule has 1 N–H and O–H groups in total. The summed E-state index contributed by atoms with van der Waals surface area (Å²) in [5.41, 5.74) is 1.95. The quantitative estimate of drug-likeness (QED) is 0.231. The summed E-state index contributed by atoms with van der Waals surface area (Å²) >= 11 is 3.49. The van der Waals surface area contributed by atoms with Crippen LogP contribution in [0.25, 0.3) is 0 Å². The van der Waals surface area contributed by atoms with Gasteiger partial charge in [0.2, 0.25) is 21.8 Å². The highest BCUT2D eigenvalue weighted by Gasteiger charge is 2.33. The first-order valence-electron chi connectivity index (χ1n) is 13.7. The van der Waals surface area contributed by atoms with Crippen LogP contribution in [0, 0.1) is 0 Å². The number of carbonyl (C=O) groups excluding carboxylic acids is 2. The van der Waals surface area contributed by atoms with Gasteiger partial charge in [-0.3, -0.25) is 13.9 Å². The number of hydrogen-bond acceptors (Lipinski definition) is 5. The van der Waals surface area contributed by atoms with Crippen molar-refractivity contribution in [2.75, 3.05) is 30.3 Å². The van der Waals surface area contributed by atoms with E-state index in [2.05, 4.69) is 21.2 Å². The minimum atomic E-state index is -3.89. The number of para-hydroxylation sites is 2. The average molecular weight is 645 g/mol. The van der Waals surface area contributed by atoms with Crippen LogP contribution < -0.4 is 14.4 Å². The summed E-state index contributed by atoms with van der Waals surface area (Å²) < 4.78 is 33.6. The highest BCUT2D eigenvalue weighted by molar-refractivity contribution is 9.10. The fourth-order valence-electron chi connectivity index (χ4n) is 4.43. The standard InChI is InChI=1S/C31H38BrN3O5S/c1-4-6-19-33-31(37)28(21-24-13-8-7-9-14-24)34(22-25-15-12-16-26(32)20-25)30(36)23-35(41(3,38)39)27-17-10-11-18-29(27)40-5-2/h7-18,20,28H,4-6,19,21-23H2,1-3H3,(H,33,37)/t28-/m1/s1. The van der Waals surface area contributed by atoms with Gasteiger partial charge >= 0.3 is 0 Å². The Bertz CT molecular complexity index is 1400. The molecule has 0 fully saturated rings. The molecule has 3 rings (SSSR count). The monoisotopic (exact) mass is 643 g/mol. The number of hydrogen-bond donors (Lipinski definition) is 1. The van der Waals surface area contributed by atoms with E-state index in [0.717, 1.165) is 39.0 Å². The van der Waals surface area contributed by atoms with E-state index in [1.165, 1.54) is 4.90 Å². The predicted molar refractivity (Wildman–Crippen MR) is 166 cm³/mol. The molecule has 0 aliphatic heterocycles. The van der Waals surface area contributed by atoms with Gasteiger partial charge in [-0.05, 0) is 48.7 Å². The number of nitrogens with one attached hydrogen (secondary N) is 1. The number of amides is 2. The molecule has 0 spiro atoms. The van der Waals surface area contributed by atoms with Crippen molar-refractivity contribution in [1.29, 1.82) is 0 Å². The molecule has 3 aromatic rings. The summed E-state index contributed by atoms with van der Waals surface area (Å²) in [6.07, 6.45) is 3.04. The van der Waals surface area contributed by atoms with E-state index >= 15 is 0 Å². The maximum Gasteiger partial charge on any atom is 0.244 e. The molecule has 10 heteroatoms. The van der Waals surface area contributed by atoms with Crippen molar-refractivity contribution < 1.29 is 22.7 Å². The van der Waals surface area contributed by atoms with Crippen molar-refractivity contribution in [3.05, 3.63) is 94.5 Å². The van der Waals surface area contributed by atoms with Crippen LogP contribution in [0.2, 0.25) is 0 Å². The van der Waals surface area contributed by atoms with Crippen LogP contribution in [-0.2, 0) is 32.6 Å². The topological polar surface area (TPSA) is 96.0 Å². The van der Waals surface area contributed by atoms with Gasteiger partial charge < -0.3 is 15.0 Å². The zero-order valence-corrected chi connectivity index (χ0v) is 26.2. The highest BCUT2D eigenvalue weighted by atomic mass is 79.9. The molecule has 0 aliphatic rings. The van der Waals surface area contributed by atoms with Crippen molar-refractivity contribution in [3.63, 3.8) is 0 Å². The molecule has 8 nitrogen and oxygen atoms in total. The van der Waals surface area contributed by atoms with Crippen molar-refractivity contribution in [2.45, 2.75) is 45.7 Å². The molecule has 41 heavy (non-hydrogen) atoms. The second kappa shape index (κ2) is 15.6. The zero-order valence-electron chi connectivity index (χ0n) is 23.8. The Balaban J connectivity index is 2.06. The Kier molecular flexibility index (Phi) is 12.2. The average Bonchev–Trinajstić information content (AvgIpc) is 2.94. The third-order valence-electron chi connectivity index (χ3n) is 6.46. The lowest BCUT2D eigenvalue weighted by Crippen LogP contribution is -2.53. The summed E-state index contributed by atoms with van der Waals surface area (Å²) in [6, 6.07) is 22.8. The fraction of sp³-hybridized carbons (Fsp3) is 0.355. The lowest BCUT2D eigenvalue weighted by Gasteiger charge is -2.33. The van der Waals surface area contributed by atoms with Crippen molar-refractivity contribution >= 4 is 43.5 Å². The highest BCUT2D eigenvalue weighted by Crippen LogP contribution is 2.30. The number of sulfonamides is 1. The number of benzene rings is 3. The van der Waals surface area contributed by atoms with Gasteiger partial charge in [0, 0.05) is 24.0 Å². The molecule has 0 saturated carbocycles. The van der Waals surface area contributed by atoms with Crippen LogP contribution in [0.1, 0.15) is 37.8 Å². The lowest BCUT2D eigenvalue weighted by molar-refractivity contribution is -0.140. The third-order valence-corrected chi connectivity index (χ3v) is 8.08. The SMILES string of the molecule is CCCCNC(=O)[C@@H](Cc1ccccc1)N(Cc1cccc(Br)c1)C(=O)CN(c1ccccc1OCC)S(C)(=O)=O. The molecule has 0 aliphatic carbocycles. The summed E-state index contributed by atoms with van der Waals surface area (Å²) in [4.78, 5) is 29.3. The molecule has 1 atom stereocenters. The number of rotatable bonds is 15. The molecule has 0 bridgehead atoms. The van der Waals surface area contributed by atoms with Gasteiger partial charge in [0.1, 0.15) is 18.3 Å². The number of halogens is 1. The van der Waals surface area contributed by atoms with Crippen LogP contribution in [0.3, 0.4) is 0 Å². The van der Waals surface area contributed by atoms with E-state index in [1.54, 1.807) is 31.2 Å². The molecular weight excluding hydrogens is 606 g/mol. The Hall–Kier alpha value is -3.37. The fourth-order valence-corrected chi connectivity index (χ4v) is 5.73. The zero-order chi connectivity index (χ0) is 29.8. The maximum absolute atomic E-state index is 14.2. The Labute approximate surface area is 251 Å². The molecule has 220 valence electrons. The van der Waals surface area contributed by atoms with Crippen molar-refractivity contribution in [1.82, 2.24) is 10.2 Å². The summed E-state index contributed by atoms with van der Waals surface area (Å²) in [6.45, 7) is 4.27. The molecule has 0 aromatic heterocycles. The Morgan fingerprint density at radius 2 is 1.63 bits per heavy atom. The first-order chi connectivity index (χ1) is 19.6. The summed E-state index contributed by atoms with van der Waals surface area (Å²) in [5, 5.41) is 2.98. The second-order valence-electron chi connectivity index (χ2n) is 9.67. The van der Waals surface area contributed by atoms with Gasteiger partial charge in [-0.15, -0.1) is 0 Å². The third kappa shape index (κ3) is 9.60. The van der Waals surface area contributed by atoms with E-state index in [-0.39, 0.29) is 24.6 Å². The van der Waals surface area contributed by atoms with E-state index in [4.69, 9.17) is 4.74 Å². The van der Waals surface area contributed by atoms with E-state index in [9.17, 15) is 18.0 Å². The van der Waals surface area contributed by atoms with E-state index < -0.39 is 28.5 Å².